The lowest BCUT2D eigenvalue weighted by atomic mass is 9.67. The van der Waals surface area contributed by atoms with Crippen molar-refractivity contribution in [3.63, 3.8) is 0 Å². The highest BCUT2D eigenvalue weighted by Gasteiger charge is 2.49. The number of fused-ring (bicyclic) bond motifs is 1. The Hall–Kier alpha value is -0.880. The molecule has 1 aromatic carbocycles. The van der Waals surface area contributed by atoms with Gasteiger partial charge in [-0.3, -0.25) is 4.79 Å². The third-order valence-corrected chi connectivity index (χ3v) is 5.61. The van der Waals surface area contributed by atoms with Crippen molar-refractivity contribution in [2.45, 2.75) is 31.8 Å². The second kappa shape index (κ2) is 8.00. The molecule has 2 aliphatic rings. The molecule has 1 aliphatic carbocycles. The lowest BCUT2D eigenvalue weighted by Crippen LogP contribution is -2.48. The zero-order valence-electron chi connectivity index (χ0n) is 13.4. The van der Waals surface area contributed by atoms with Gasteiger partial charge in [-0.15, -0.1) is 12.4 Å². The first-order chi connectivity index (χ1) is 11.0. The smallest absolute Gasteiger partial charge is 0.227 e. The van der Waals surface area contributed by atoms with Crippen molar-refractivity contribution in [3.05, 3.63) is 34.6 Å². The number of halogens is 3. The maximum Gasteiger partial charge on any atom is 0.227 e. The summed E-state index contributed by atoms with van der Waals surface area (Å²) >= 11 is 5.95. The lowest BCUT2D eigenvalue weighted by molar-refractivity contribution is -0.134. The molecule has 2 fully saturated rings. The summed E-state index contributed by atoms with van der Waals surface area (Å²) in [5, 5.41) is 16.5. The van der Waals surface area contributed by atoms with Gasteiger partial charge < -0.3 is 15.7 Å². The van der Waals surface area contributed by atoms with E-state index in [9.17, 15) is 14.3 Å². The number of aliphatic hydroxyl groups excluding tert-OH is 1. The zero-order valence-corrected chi connectivity index (χ0v) is 14.9. The van der Waals surface area contributed by atoms with E-state index < -0.39 is 11.9 Å². The summed E-state index contributed by atoms with van der Waals surface area (Å²) in [6, 6.07) is 4.27. The summed E-state index contributed by atoms with van der Waals surface area (Å²) < 4.78 is 13.8. The van der Waals surface area contributed by atoms with Gasteiger partial charge in [0.25, 0.3) is 0 Å². The maximum atomic E-state index is 13.8. The van der Waals surface area contributed by atoms with Crippen LogP contribution in [0.3, 0.4) is 0 Å². The van der Waals surface area contributed by atoms with Crippen LogP contribution in [-0.4, -0.2) is 30.6 Å². The highest BCUT2D eigenvalue weighted by molar-refractivity contribution is 6.31. The Morgan fingerprint density at radius 2 is 2.29 bits per heavy atom. The molecule has 1 aromatic rings. The van der Waals surface area contributed by atoms with E-state index in [-0.39, 0.29) is 40.9 Å². The quantitative estimate of drug-likeness (QED) is 0.756. The van der Waals surface area contributed by atoms with Crippen molar-refractivity contribution in [3.8, 4) is 0 Å². The predicted molar refractivity (Wildman–Crippen MR) is 93.9 cm³/mol. The van der Waals surface area contributed by atoms with E-state index in [4.69, 9.17) is 11.6 Å². The number of benzene rings is 1. The molecule has 3 N–H and O–H groups in total. The summed E-state index contributed by atoms with van der Waals surface area (Å²) in [4.78, 5) is 12.7. The van der Waals surface area contributed by atoms with E-state index in [1.807, 2.05) is 0 Å². The van der Waals surface area contributed by atoms with Gasteiger partial charge in [-0.05, 0) is 37.4 Å². The summed E-state index contributed by atoms with van der Waals surface area (Å²) in [6.07, 6.45) is 2.98. The van der Waals surface area contributed by atoms with E-state index in [1.54, 1.807) is 0 Å². The topological polar surface area (TPSA) is 61.4 Å². The fraction of sp³-hybridized carbons (Fsp3) is 0.588. The first-order valence-corrected chi connectivity index (χ1v) is 8.53. The molecule has 1 saturated heterocycles. The number of carbonyl (C=O) groups excluding carboxylic acids is 1. The number of aliphatic hydroxyl groups is 1. The Morgan fingerprint density at radius 1 is 1.50 bits per heavy atom. The second-order valence-corrected chi connectivity index (χ2v) is 7.00. The van der Waals surface area contributed by atoms with Crippen LogP contribution in [0.5, 0.6) is 0 Å². The van der Waals surface area contributed by atoms with Crippen molar-refractivity contribution in [1.29, 1.82) is 0 Å². The Balaban J connectivity index is 0.00000208. The van der Waals surface area contributed by atoms with Crippen LogP contribution in [0.15, 0.2) is 18.2 Å². The van der Waals surface area contributed by atoms with Crippen molar-refractivity contribution < 1.29 is 14.3 Å². The monoisotopic (exact) mass is 376 g/mol. The number of amides is 1. The molecular weight excluding hydrogens is 354 g/mol. The minimum atomic E-state index is -1.15. The number of nitrogens with one attached hydrogen (secondary N) is 2. The van der Waals surface area contributed by atoms with E-state index in [0.717, 1.165) is 32.2 Å². The van der Waals surface area contributed by atoms with Crippen molar-refractivity contribution in [2.75, 3.05) is 19.6 Å². The van der Waals surface area contributed by atoms with Gasteiger partial charge in [0.15, 0.2) is 0 Å². The number of carbonyl (C=O) groups is 1. The van der Waals surface area contributed by atoms with Crippen LogP contribution < -0.4 is 10.6 Å². The standard InChI is InChI=1S/C17H22ClFN2O2.ClH/c18-12-5-3-6-13(19)15(12)14(22)9-21-16(23)17-7-2-1-4-11(17)8-20-10-17;/h3,5-6,11,14,20,22H,1-2,4,7-10H2,(H,21,23);1H/t11-,14?,17+;/m0./s1. The molecule has 134 valence electrons. The molecule has 1 saturated carbocycles. The first kappa shape index (κ1) is 19.4. The molecule has 0 radical (unpaired) electrons. The van der Waals surface area contributed by atoms with Gasteiger partial charge in [0, 0.05) is 23.7 Å². The van der Waals surface area contributed by atoms with Crippen molar-refractivity contribution in [2.24, 2.45) is 11.3 Å². The van der Waals surface area contributed by atoms with Crippen LogP contribution in [0.1, 0.15) is 37.4 Å². The van der Waals surface area contributed by atoms with Crippen LogP contribution in [0, 0.1) is 17.2 Å². The highest BCUT2D eigenvalue weighted by Crippen LogP contribution is 2.44. The van der Waals surface area contributed by atoms with E-state index in [0.29, 0.717) is 12.5 Å². The molecular formula is C17H23Cl2FN2O2. The Bertz CT molecular complexity index is 582. The number of hydrogen-bond acceptors (Lipinski definition) is 3. The molecule has 1 heterocycles. The summed E-state index contributed by atoms with van der Waals surface area (Å²) in [5.41, 5.74) is -0.339. The Morgan fingerprint density at radius 3 is 3.04 bits per heavy atom. The summed E-state index contributed by atoms with van der Waals surface area (Å²) in [6.45, 7) is 1.52. The van der Waals surface area contributed by atoms with Crippen molar-refractivity contribution in [1.82, 2.24) is 10.6 Å². The molecule has 0 spiro atoms. The summed E-state index contributed by atoms with van der Waals surface area (Å²) in [7, 11) is 0. The normalized spacial score (nSPS) is 27.0. The van der Waals surface area contributed by atoms with Crippen LogP contribution in [-0.2, 0) is 4.79 Å². The number of rotatable bonds is 4. The van der Waals surface area contributed by atoms with E-state index in [2.05, 4.69) is 10.6 Å². The summed E-state index contributed by atoms with van der Waals surface area (Å²) in [5.74, 6) is -0.250. The van der Waals surface area contributed by atoms with E-state index >= 15 is 0 Å². The largest absolute Gasteiger partial charge is 0.386 e. The van der Waals surface area contributed by atoms with Gasteiger partial charge in [0.1, 0.15) is 11.9 Å². The molecule has 1 amide bonds. The molecule has 24 heavy (non-hydrogen) atoms. The van der Waals surface area contributed by atoms with Gasteiger partial charge >= 0.3 is 0 Å². The van der Waals surface area contributed by atoms with Crippen LogP contribution in [0.2, 0.25) is 5.02 Å². The lowest BCUT2D eigenvalue weighted by Gasteiger charge is -2.37. The van der Waals surface area contributed by atoms with Gasteiger partial charge in [-0.25, -0.2) is 4.39 Å². The average Bonchev–Trinajstić information content (AvgIpc) is 2.97. The molecule has 1 aliphatic heterocycles. The Labute approximate surface area is 152 Å². The molecule has 3 rings (SSSR count). The zero-order chi connectivity index (χ0) is 16.4. The SMILES string of the molecule is Cl.O=C(NCC(O)c1c(F)cccc1Cl)[C@@]12CCCC[C@H]1CNC2. The highest BCUT2D eigenvalue weighted by atomic mass is 35.5. The average molecular weight is 377 g/mol. The number of hydrogen-bond donors (Lipinski definition) is 3. The van der Waals surface area contributed by atoms with Gasteiger partial charge in [0.05, 0.1) is 5.41 Å². The fourth-order valence-electron chi connectivity index (χ4n) is 3.99. The third-order valence-electron chi connectivity index (χ3n) is 5.28. The van der Waals surface area contributed by atoms with Crippen molar-refractivity contribution >= 4 is 29.9 Å². The molecule has 3 atom stereocenters. The minimum absolute atomic E-state index is 0. The molecule has 0 aromatic heterocycles. The predicted octanol–water partition coefficient (Wildman–Crippen LogP) is 2.83. The van der Waals surface area contributed by atoms with Crippen LogP contribution in [0.4, 0.5) is 4.39 Å². The second-order valence-electron chi connectivity index (χ2n) is 6.59. The third kappa shape index (κ3) is 3.54. The molecule has 4 nitrogen and oxygen atoms in total. The van der Waals surface area contributed by atoms with E-state index in [1.165, 1.54) is 18.2 Å². The minimum Gasteiger partial charge on any atom is -0.386 e. The molecule has 1 unspecified atom stereocenters. The first-order valence-electron chi connectivity index (χ1n) is 8.15. The van der Waals surface area contributed by atoms with Gasteiger partial charge in [-0.2, -0.15) is 0 Å². The van der Waals surface area contributed by atoms with Gasteiger partial charge in [-0.1, -0.05) is 30.5 Å². The fourth-order valence-corrected chi connectivity index (χ4v) is 4.28. The molecule has 0 bridgehead atoms. The van der Waals surface area contributed by atoms with Crippen LogP contribution >= 0.6 is 24.0 Å². The van der Waals surface area contributed by atoms with Crippen LogP contribution in [0.25, 0.3) is 0 Å². The van der Waals surface area contributed by atoms with Gasteiger partial charge in [0.2, 0.25) is 5.91 Å². The molecule has 7 heteroatoms. The maximum absolute atomic E-state index is 13.8. The Kier molecular flexibility index (Phi) is 6.48.